The molecule has 0 aromatic heterocycles. The fourth-order valence-electron chi connectivity index (χ4n) is 1.81. The summed E-state index contributed by atoms with van der Waals surface area (Å²) in [5.41, 5.74) is 0. The molecule has 1 unspecified atom stereocenters. The van der Waals surface area contributed by atoms with Crippen LogP contribution in [-0.4, -0.2) is 78.1 Å². The molecule has 126 valence electrons. The van der Waals surface area contributed by atoms with Gasteiger partial charge in [0.25, 0.3) is 0 Å². The van der Waals surface area contributed by atoms with Gasteiger partial charge < -0.3 is 20.1 Å². The summed E-state index contributed by atoms with van der Waals surface area (Å²) >= 11 is 0. The average Bonchev–Trinajstić information content (AvgIpc) is 2.25. The quantitative estimate of drug-likeness (QED) is 0.311. The van der Waals surface area contributed by atoms with Crippen LogP contribution in [0, 0.1) is 0 Å². The van der Waals surface area contributed by atoms with Crippen molar-refractivity contribution in [1.29, 1.82) is 0 Å². The summed E-state index contributed by atoms with van der Waals surface area (Å²) in [6.07, 6.45) is -8.04. The van der Waals surface area contributed by atoms with Crippen LogP contribution in [0.3, 0.4) is 0 Å². The lowest BCUT2D eigenvalue weighted by Gasteiger charge is -2.45. The lowest BCUT2D eigenvalue weighted by atomic mass is 9.94. The molecule has 0 aliphatic carbocycles. The van der Waals surface area contributed by atoms with E-state index in [1.54, 1.807) is 0 Å². The zero-order valence-corrected chi connectivity index (χ0v) is 12.1. The molecule has 1 fully saturated rings. The van der Waals surface area contributed by atoms with Crippen molar-refractivity contribution in [1.82, 2.24) is 0 Å². The van der Waals surface area contributed by atoms with Crippen molar-refractivity contribution in [2.75, 3.05) is 6.61 Å². The van der Waals surface area contributed by atoms with Crippen LogP contribution in [0.5, 0.6) is 0 Å². The molecule has 0 aromatic rings. The third-order valence-electron chi connectivity index (χ3n) is 2.57. The van der Waals surface area contributed by atoms with E-state index in [1.165, 1.54) is 0 Å². The molecule has 1 saturated heterocycles. The maximum atomic E-state index is 10.7. The largest absolute Gasteiger partial charge is 0.397 e. The van der Waals surface area contributed by atoms with E-state index in [2.05, 4.69) is 8.37 Å². The Morgan fingerprint density at radius 2 is 1.62 bits per heavy atom. The van der Waals surface area contributed by atoms with Crippen molar-refractivity contribution in [3.05, 3.63) is 0 Å². The summed E-state index contributed by atoms with van der Waals surface area (Å²) in [4.78, 5) is 0. The van der Waals surface area contributed by atoms with Gasteiger partial charge in [-0.25, -0.2) is 8.37 Å². The zero-order valence-electron chi connectivity index (χ0n) is 10.4. The first-order valence-corrected chi connectivity index (χ1v) is 8.00. The van der Waals surface area contributed by atoms with Crippen LogP contribution < -0.4 is 0 Å². The Labute approximate surface area is 119 Å². The van der Waals surface area contributed by atoms with Gasteiger partial charge in [-0.15, -0.1) is 0 Å². The highest BCUT2D eigenvalue weighted by Crippen LogP contribution is 2.33. The van der Waals surface area contributed by atoms with E-state index in [4.69, 9.17) is 18.9 Å². The van der Waals surface area contributed by atoms with Crippen LogP contribution >= 0.6 is 0 Å². The summed E-state index contributed by atoms with van der Waals surface area (Å²) in [5.74, 6) is -2.59. The Morgan fingerprint density at radius 1 is 1.14 bits per heavy atom. The highest BCUT2D eigenvalue weighted by Gasteiger charge is 2.55. The molecule has 14 heteroatoms. The minimum absolute atomic E-state index is 0.803. The molecule has 12 nitrogen and oxygen atoms in total. The molecule has 0 radical (unpaired) electrons. The third-order valence-corrected chi connectivity index (χ3v) is 3.49. The lowest BCUT2D eigenvalue weighted by molar-refractivity contribution is -0.332. The van der Waals surface area contributed by atoms with Crippen LogP contribution in [0.2, 0.25) is 0 Å². The number of aliphatic hydroxyl groups excluding tert-OH is 2. The van der Waals surface area contributed by atoms with Gasteiger partial charge in [-0.2, -0.15) is 16.8 Å². The molecule has 5 atom stereocenters. The molecule has 0 aromatic carbocycles. The van der Waals surface area contributed by atoms with Gasteiger partial charge in [0, 0.05) is 0 Å². The summed E-state index contributed by atoms with van der Waals surface area (Å²) < 4.78 is 73.0. The van der Waals surface area contributed by atoms with E-state index in [9.17, 15) is 27.0 Å². The lowest BCUT2D eigenvalue weighted by Crippen LogP contribution is -2.66. The number of aliphatic hydroxyl groups is 3. The van der Waals surface area contributed by atoms with Crippen molar-refractivity contribution in [3.8, 4) is 0 Å². The summed E-state index contributed by atoms with van der Waals surface area (Å²) in [6.45, 7) is -0.0982. The summed E-state index contributed by atoms with van der Waals surface area (Å²) in [7, 11) is -10.4. The second-order valence-corrected chi connectivity index (χ2v) is 6.41. The maximum absolute atomic E-state index is 10.7. The minimum atomic E-state index is -5.20. The molecule has 5 N–H and O–H groups in total. The molecule has 21 heavy (non-hydrogen) atoms. The Bertz CT molecular complexity index is 564. The van der Waals surface area contributed by atoms with Crippen molar-refractivity contribution in [2.24, 2.45) is 0 Å². The van der Waals surface area contributed by atoms with Crippen molar-refractivity contribution in [2.45, 2.75) is 37.1 Å². The second-order valence-electron chi connectivity index (χ2n) is 4.32. The minimum Gasteiger partial charge on any atom is -0.394 e. The number of hydrogen-bond donors (Lipinski definition) is 5. The fraction of sp³-hybridized carbons (Fsp3) is 1.00. The molecule has 1 aliphatic rings. The van der Waals surface area contributed by atoms with Crippen molar-refractivity contribution in [3.63, 3.8) is 0 Å². The van der Waals surface area contributed by atoms with Gasteiger partial charge in [-0.3, -0.25) is 9.11 Å². The molecular formula is C7H14O12S2. The molecule has 0 spiro atoms. The third kappa shape index (κ3) is 5.06. The van der Waals surface area contributed by atoms with E-state index >= 15 is 0 Å². The van der Waals surface area contributed by atoms with E-state index < -0.39 is 57.6 Å². The van der Waals surface area contributed by atoms with Gasteiger partial charge >= 0.3 is 20.8 Å². The number of rotatable bonds is 5. The SMILES string of the molecule is CC1(O)O[C@H](CO)[C@@H](O)[C@H](OS(=O)(=O)O)[C@H]1OS(=O)(=O)O. The van der Waals surface area contributed by atoms with Crippen molar-refractivity contribution >= 4 is 20.8 Å². The molecule has 1 heterocycles. The van der Waals surface area contributed by atoms with Gasteiger partial charge in [0.15, 0.2) is 11.9 Å². The maximum Gasteiger partial charge on any atom is 0.397 e. The topological polar surface area (TPSA) is 197 Å². The smallest absolute Gasteiger partial charge is 0.394 e. The second kappa shape index (κ2) is 5.99. The van der Waals surface area contributed by atoms with Gasteiger partial charge in [-0.05, 0) is 6.92 Å². The Kier molecular flexibility index (Phi) is 5.32. The van der Waals surface area contributed by atoms with Gasteiger partial charge in [0.1, 0.15) is 18.3 Å². The molecule has 0 amide bonds. The van der Waals surface area contributed by atoms with E-state index in [0.717, 1.165) is 6.92 Å². The van der Waals surface area contributed by atoms with E-state index in [-0.39, 0.29) is 0 Å². The Hall–Kier alpha value is -0.420. The number of hydrogen-bond acceptors (Lipinski definition) is 10. The predicted octanol–water partition coefficient (Wildman–Crippen LogP) is -3.18. The standard InChI is InChI=1S/C7H14O12S2/c1-7(10)6(19-21(14,15)16)5(18-20(11,12)13)4(9)3(2-8)17-7/h3-6,8-10H,2H2,1H3,(H,11,12,13)(H,14,15,16)/t3-,4-,5+,6-,7?/m1/s1. The van der Waals surface area contributed by atoms with Gasteiger partial charge in [0.2, 0.25) is 0 Å². The average molecular weight is 354 g/mol. The van der Waals surface area contributed by atoms with Crippen molar-refractivity contribution < 1.29 is 54.4 Å². The van der Waals surface area contributed by atoms with Crippen LogP contribution in [0.25, 0.3) is 0 Å². The first kappa shape index (κ1) is 18.6. The van der Waals surface area contributed by atoms with E-state index in [1.807, 2.05) is 0 Å². The number of ether oxygens (including phenoxy) is 1. The first-order chi connectivity index (χ1) is 9.27. The zero-order chi connectivity index (χ0) is 16.6. The van der Waals surface area contributed by atoms with Gasteiger partial charge in [0.05, 0.1) is 6.61 Å². The van der Waals surface area contributed by atoms with Crippen LogP contribution in [0.4, 0.5) is 0 Å². The van der Waals surface area contributed by atoms with Crippen LogP contribution in [0.15, 0.2) is 0 Å². The molecule has 0 bridgehead atoms. The van der Waals surface area contributed by atoms with Crippen LogP contribution in [-0.2, 0) is 33.9 Å². The first-order valence-electron chi connectivity index (χ1n) is 5.27. The predicted molar refractivity (Wildman–Crippen MR) is 61.4 cm³/mol. The van der Waals surface area contributed by atoms with E-state index in [0.29, 0.717) is 0 Å². The Morgan fingerprint density at radius 3 is 2.00 bits per heavy atom. The summed E-state index contributed by atoms with van der Waals surface area (Å²) in [6, 6.07) is 0. The monoisotopic (exact) mass is 354 g/mol. The highest BCUT2D eigenvalue weighted by molar-refractivity contribution is 7.81. The molecule has 0 saturated carbocycles. The molecule has 1 aliphatic heterocycles. The Balaban J connectivity index is 3.23. The molecule has 1 rings (SSSR count). The molecular weight excluding hydrogens is 340 g/mol. The highest BCUT2D eigenvalue weighted by atomic mass is 32.3. The van der Waals surface area contributed by atoms with Crippen LogP contribution in [0.1, 0.15) is 6.92 Å². The normalized spacial score (nSPS) is 38.4. The summed E-state index contributed by atoms with van der Waals surface area (Å²) in [5, 5.41) is 28.6. The fourth-order valence-corrected chi connectivity index (χ4v) is 2.85. The van der Waals surface area contributed by atoms with Gasteiger partial charge in [-0.1, -0.05) is 0 Å².